The van der Waals surface area contributed by atoms with Gasteiger partial charge in [-0.2, -0.15) is 0 Å². The molecule has 21 heavy (non-hydrogen) atoms. The number of hydrogen-bond acceptors (Lipinski definition) is 4. The summed E-state index contributed by atoms with van der Waals surface area (Å²) in [6, 6.07) is 0. The summed E-state index contributed by atoms with van der Waals surface area (Å²) < 4.78 is 0. The molecule has 1 heterocycles. The van der Waals surface area contributed by atoms with Gasteiger partial charge in [0.1, 0.15) is 17.5 Å². The van der Waals surface area contributed by atoms with E-state index < -0.39 is 0 Å². The molecule has 0 spiro atoms. The highest BCUT2D eigenvalue weighted by Gasteiger charge is 2.34. The van der Waals surface area contributed by atoms with Crippen LogP contribution in [0.5, 0.6) is 0 Å². The van der Waals surface area contributed by atoms with Crippen LogP contribution in [0.4, 0.5) is 11.6 Å². The van der Waals surface area contributed by atoms with Crippen molar-refractivity contribution in [1.29, 1.82) is 0 Å². The first kappa shape index (κ1) is 16.1. The molecule has 1 saturated carbocycles. The second kappa shape index (κ2) is 7.10. The fourth-order valence-corrected chi connectivity index (χ4v) is 3.01. The molecule has 1 aromatic heterocycles. The van der Waals surface area contributed by atoms with Gasteiger partial charge in [0.2, 0.25) is 0 Å². The number of aromatic nitrogens is 2. The molecule has 4 nitrogen and oxygen atoms in total. The fraction of sp³-hybridized carbons (Fsp3) is 0.765. The molecule has 0 bridgehead atoms. The zero-order valence-corrected chi connectivity index (χ0v) is 14.1. The normalized spacial score (nSPS) is 16.4. The van der Waals surface area contributed by atoms with Crippen LogP contribution in [0.15, 0.2) is 0 Å². The predicted molar refractivity (Wildman–Crippen MR) is 90.0 cm³/mol. The Hall–Kier alpha value is -1.32. The first-order valence-corrected chi connectivity index (χ1v) is 8.49. The molecule has 4 heteroatoms. The molecule has 2 N–H and O–H groups in total. The van der Waals surface area contributed by atoms with Gasteiger partial charge >= 0.3 is 0 Å². The summed E-state index contributed by atoms with van der Waals surface area (Å²) in [4.78, 5) is 9.39. The lowest BCUT2D eigenvalue weighted by Crippen LogP contribution is -2.36. The molecule has 1 aliphatic carbocycles. The molecule has 0 atom stereocenters. The molecule has 0 aromatic carbocycles. The van der Waals surface area contributed by atoms with E-state index in [1.807, 2.05) is 0 Å². The third-order valence-electron chi connectivity index (χ3n) is 4.81. The summed E-state index contributed by atoms with van der Waals surface area (Å²) in [5.41, 5.74) is 1.64. The van der Waals surface area contributed by atoms with Gasteiger partial charge in [0.25, 0.3) is 0 Å². The van der Waals surface area contributed by atoms with Crippen molar-refractivity contribution in [2.45, 2.75) is 66.2 Å². The monoisotopic (exact) mass is 290 g/mol. The van der Waals surface area contributed by atoms with Crippen LogP contribution in [-0.2, 0) is 6.42 Å². The van der Waals surface area contributed by atoms with E-state index in [9.17, 15) is 0 Å². The summed E-state index contributed by atoms with van der Waals surface area (Å²) in [6.07, 6.45) is 7.35. The van der Waals surface area contributed by atoms with Gasteiger partial charge in [-0.05, 0) is 44.9 Å². The van der Waals surface area contributed by atoms with Crippen LogP contribution in [0, 0.1) is 12.3 Å². The highest BCUT2D eigenvalue weighted by Crippen LogP contribution is 2.43. The maximum Gasteiger partial charge on any atom is 0.134 e. The molecule has 1 fully saturated rings. The largest absolute Gasteiger partial charge is 0.370 e. The van der Waals surface area contributed by atoms with Gasteiger partial charge in [-0.25, -0.2) is 9.97 Å². The highest BCUT2D eigenvalue weighted by molar-refractivity contribution is 5.57. The van der Waals surface area contributed by atoms with E-state index in [4.69, 9.17) is 4.98 Å². The number of nitrogens with zero attached hydrogens (tertiary/aromatic N) is 2. The van der Waals surface area contributed by atoms with E-state index in [0.717, 1.165) is 49.0 Å². The Morgan fingerprint density at radius 1 is 1.05 bits per heavy atom. The fourth-order valence-electron chi connectivity index (χ4n) is 3.01. The number of rotatable bonds is 8. The number of hydrogen-bond donors (Lipinski definition) is 2. The molecular formula is C17H30N4. The maximum atomic E-state index is 4.74. The van der Waals surface area contributed by atoms with Crippen LogP contribution in [-0.4, -0.2) is 23.1 Å². The van der Waals surface area contributed by atoms with Gasteiger partial charge in [0, 0.05) is 25.1 Å². The summed E-state index contributed by atoms with van der Waals surface area (Å²) in [6.45, 7) is 10.6. The van der Waals surface area contributed by atoms with Crippen LogP contribution in [0.3, 0.4) is 0 Å². The lowest BCUT2D eigenvalue weighted by Gasteiger charge is -2.41. The first-order chi connectivity index (χ1) is 10.1. The number of anilines is 2. The van der Waals surface area contributed by atoms with Crippen LogP contribution < -0.4 is 10.6 Å². The maximum absolute atomic E-state index is 4.74. The zero-order valence-electron chi connectivity index (χ0n) is 14.1. The first-order valence-electron chi connectivity index (χ1n) is 8.49. The Labute approximate surface area is 129 Å². The molecule has 1 aromatic rings. The van der Waals surface area contributed by atoms with Gasteiger partial charge < -0.3 is 10.6 Å². The summed E-state index contributed by atoms with van der Waals surface area (Å²) in [5.74, 6) is 2.95. The lowest BCUT2D eigenvalue weighted by molar-refractivity contribution is 0.145. The Morgan fingerprint density at radius 3 is 2.19 bits per heavy atom. The van der Waals surface area contributed by atoms with Gasteiger partial charge in [-0.15, -0.1) is 0 Å². The molecular weight excluding hydrogens is 260 g/mol. The van der Waals surface area contributed by atoms with Gasteiger partial charge in [-0.3, -0.25) is 0 Å². The lowest BCUT2D eigenvalue weighted by atomic mass is 9.67. The Kier molecular flexibility index (Phi) is 5.43. The smallest absolute Gasteiger partial charge is 0.134 e. The second-order valence-electron chi connectivity index (χ2n) is 6.30. The summed E-state index contributed by atoms with van der Waals surface area (Å²) in [7, 11) is 0. The number of nitrogens with one attached hydrogen (secondary N) is 2. The van der Waals surface area contributed by atoms with Crippen molar-refractivity contribution in [2.24, 2.45) is 5.41 Å². The van der Waals surface area contributed by atoms with E-state index in [-0.39, 0.29) is 0 Å². The van der Waals surface area contributed by atoms with Crippen LogP contribution in [0.25, 0.3) is 0 Å². The topological polar surface area (TPSA) is 49.8 Å². The van der Waals surface area contributed by atoms with Crippen LogP contribution >= 0.6 is 0 Å². The van der Waals surface area contributed by atoms with Gasteiger partial charge in [0.05, 0.1) is 0 Å². The van der Waals surface area contributed by atoms with E-state index in [1.165, 1.54) is 25.7 Å². The second-order valence-corrected chi connectivity index (χ2v) is 6.30. The molecule has 2 rings (SSSR count). The van der Waals surface area contributed by atoms with Crippen LogP contribution in [0.2, 0.25) is 0 Å². The standard InChI is InChI=1S/C17H30N4/c1-5-9-14-20-15(18-7-3)13(4)16(21-14)19-12-17(6-2)10-8-11-17/h5-12H2,1-4H3,(H2,18,19,20,21). The molecule has 0 aliphatic heterocycles. The minimum absolute atomic E-state index is 0.501. The highest BCUT2D eigenvalue weighted by atomic mass is 15.1. The predicted octanol–water partition coefficient (Wildman–Crippen LogP) is 4.16. The summed E-state index contributed by atoms with van der Waals surface area (Å²) in [5, 5.41) is 6.98. The van der Waals surface area contributed by atoms with E-state index in [1.54, 1.807) is 0 Å². The van der Waals surface area contributed by atoms with Crippen molar-refractivity contribution in [1.82, 2.24) is 9.97 Å². The van der Waals surface area contributed by atoms with E-state index in [2.05, 4.69) is 43.3 Å². The average Bonchev–Trinajstić information content (AvgIpc) is 2.43. The van der Waals surface area contributed by atoms with Crippen molar-refractivity contribution in [3.8, 4) is 0 Å². The van der Waals surface area contributed by atoms with E-state index >= 15 is 0 Å². The van der Waals surface area contributed by atoms with Crippen molar-refractivity contribution < 1.29 is 0 Å². The third-order valence-corrected chi connectivity index (χ3v) is 4.81. The van der Waals surface area contributed by atoms with Crippen molar-refractivity contribution in [2.75, 3.05) is 23.7 Å². The molecule has 0 unspecified atom stereocenters. The molecule has 0 radical (unpaired) electrons. The minimum atomic E-state index is 0.501. The van der Waals surface area contributed by atoms with Crippen LogP contribution in [0.1, 0.15) is 64.3 Å². The molecule has 1 aliphatic rings. The van der Waals surface area contributed by atoms with Crippen molar-refractivity contribution in [3.05, 3.63) is 11.4 Å². The Balaban J connectivity index is 2.16. The van der Waals surface area contributed by atoms with E-state index in [0.29, 0.717) is 5.41 Å². The average molecular weight is 290 g/mol. The summed E-state index contributed by atoms with van der Waals surface area (Å²) >= 11 is 0. The Morgan fingerprint density at radius 2 is 1.71 bits per heavy atom. The SMILES string of the molecule is CCCc1nc(NCC)c(C)c(NCC2(CC)CCC2)n1. The third kappa shape index (κ3) is 3.66. The molecule has 0 amide bonds. The minimum Gasteiger partial charge on any atom is -0.370 e. The van der Waals surface area contributed by atoms with Crippen molar-refractivity contribution in [3.63, 3.8) is 0 Å². The Bertz CT molecular complexity index is 461. The number of aryl methyl sites for hydroxylation is 1. The molecule has 0 saturated heterocycles. The molecule has 118 valence electrons. The van der Waals surface area contributed by atoms with Gasteiger partial charge in [0.15, 0.2) is 0 Å². The quantitative estimate of drug-likeness (QED) is 0.754. The van der Waals surface area contributed by atoms with Gasteiger partial charge in [-0.1, -0.05) is 20.3 Å². The zero-order chi connectivity index (χ0) is 15.3. The van der Waals surface area contributed by atoms with Crippen molar-refractivity contribution >= 4 is 11.6 Å².